The van der Waals surface area contributed by atoms with Crippen molar-refractivity contribution < 1.29 is 9.32 Å². The van der Waals surface area contributed by atoms with Gasteiger partial charge in [-0.2, -0.15) is 4.98 Å². The minimum atomic E-state index is 0.117. The fraction of sp³-hybridized carbons (Fsp3) is 0.640. The van der Waals surface area contributed by atoms with E-state index in [1.54, 1.807) is 0 Å². The van der Waals surface area contributed by atoms with E-state index in [1.165, 1.54) is 31.5 Å². The second-order valence-corrected chi connectivity index (χ2v) is 9.62. The Morgan fingerprint density at radius 1 is 1.19 bits per heavy atom. The van der Waals surface area contributed by atoms with Gasteiger partial charge in [0.2, 0.25) is 17.6 Å². The minimum absolute atomic E-state index is 0.117. The van der Waals surface area contributed by atoms with Crippen LogP contribution >= 0.6 is 0 Å². The molecule has 2 fully saturated rings. The Labute approximate surface area is 191 Å². The van der Waals surface area contributed by atoms with Crippen LogP contribution in [-0.4, -0.2) is 65.1 Å². The maximum absolute atomic E-state index is 12.6. The molecular formula is C25H37N5O2. The summed E-state index contributed by atoms with van der Waals surface area (Å²) in [7, 11) is 0. The maximum Gasteiger partial charge on any atom is 0.241 e. The van der Waals surface area contributed by atoms with Crippen molar-refractivity contribution in [2.45, 2.75) is 52.5 Å². The minimum Gasteiger partial charge on any atom is -0.356 e. The van der Waals surface area contributed by atoms with Crippen LogP contribution in [0.5, 0.6) is 0 Å². The van der Waals surface area contributed by atoms with Crippen molar-refractivity contribution in [3.8, 4) is 11.4 Å². The molecule has 2 aliphatic rings. The Morgan fingerprint density at radius 3 is 2.81 bits per heavy atom. The zero-order valence-corrected chi connectivity index (χ0v) is 19.6. The highest BCUT2D eigenvalue weighted by Crippen LogP contribution is 2.21. The zero-order valence-electron chi connectivity index (χ0n) is 19.6. The molecule has 0 saturated carbocycles. The van der Waals surface area contributed by atoms with Crippen LogP contribution in [0.3, 0.4) is 0 Å². The van der Waals surface area contributed by atoms with Crippen LogP contribution in [0.2, 0.25) is 0 Å². The number of carbonyl (C=O) groups is 1. The van der Waals surface area contributed by atoms with Crippen molar-refractivity contribution in [1.29, 1.82) is 0 Å². The predicted molar refractivity (Wildman–Crippen MR) is 125 cm³/mol. The second-order valence-electron chi connectivity index (χ2n) is 9.62. The largest absolute Gasteiger partial charge is 0.356 e. The van der Waals surface area contributed by atoms with Gasteiger partial charge >= 0.3 is 0 Å². The van der Waals surface area contributed by atoms with E-state index in [2.05, 4.69) is 51.2 Å². The molecule has 1 aromatic heterocycles. The van der Waals surface area contributed by atoms with Crippen molar-refractivity contribution in [3.05, 3.63) is 35.7 Å². The summed E-state index contributed by atoms with van der Waals surface area (Å²) in [5.41, 5.74) is 2.15. The Kier molecular flexibility index (Phi) is 7.92. The fourth-order valence-electron chi connectivity index (χ4n) is 4.91. The first-order valence-corrected chi connectivity index (χ1v) is 12.2. The number of benzene rings is 1. The Hall–Kier alpha value is -2.25. The third-order valence-electron chi connectivity index (χ3n) is 6.75. The Balaban J connectivity index is 1.15. The molecule has 7 nitrogen and oxygen atoms in total. The third-order valence-corrected chi connectivity index (χ3v) is 6.75. The first-order chi connectivity index (χ1) is 15.6. The number of hydrogen-bond acceptors (Lipinski definition) is 6. The molecule has 0 bridgehead atoms. The number of aromatic nitrogens is 2. The smallest absolute Gasteiger partial charge is 0.241 e. The average molecular weight is 440 g/mol. The number of aryl methyl sites for hydroxylation is 1. The van der Waals surface area contributed by atoms with Gasteiger partial charge in [0.05, 0.1) is 6.54 Å². The molecule has 2 aliphatic heterocycles. The van der Waals surface area contributed by atoms with Gasteiger partial charge in [0.25, 0.3) is 0 Å². The normalized spacial score (nSPS) is 21.0. The molecule has 1 amide bonds. The van der Waals surface area contributed by atoms with Crippen LogP contribution in [0.4, 0.5) is 0 Å². The van der Waals surface area contributed by atoms with Crippen molar-refractivity contribution in [2.75, 3.05) is 39.3 Å². The van der Waals surface area contributed by atoms with Gasteiger partial charge in [0.1, 0.15) is 0 Å². The Morgan fingerprint density at radius 2 is 2.03 bits per heavy atom. The van der Waals surface area contributed by atoms with E-state index in [-0.39, 0.29) is 11.8 Å². The van der Waals surface area contributed by atoms with Crippen LogP contribution in [0.1, 0.15) is 50.5 Å². The second kappa shape index (κ2) is 11.1. The number of rotatable bonds is 8. The first kappa shape index (κ1) is 22.9. The van der Waals surface area contributed by atoms with E-state index in [9.17, 15) is 4.79 Å². The molecule has 2 aromatic rings. The van der Waals surface area contributed by atoms with Gasteiger partial charge in [-0.25, -0.2) is 0 Å². The van der Waals surface area contributed by atoms with Crippen LogP contribution in [-0.2, 0) is 11.3 Å². The molecule has 3 heterocycles. The quantitative estimate of drug-likeness (QED) is 0.635. The molecule has 4 rings (SSSR count). The van der Waals surface area contributed by atoms with Gasteiger partial charge in [-0.15, -0.1) is 0 Å². The van der Waals surface area contributed by atoms with Crippen molar-refractivity contribution in [1.82, 2.24) is 25.3 Å². The lowest BCUT2D eigenvalue weighted by molar-refractivity contribution is -0.126. The van der Waals surface area contributed by atoms with Gasteiger partial charge in [0, 0.05) is 24.6 Å². The van der Waals surface area contributed by atoms with E-state index in [1.807, 2.05) is 12.1 Å². The van der Waals surface area contributed by atoms with E-state index in [0.29, 0.717) is 18.3 Å². The summed E-state index contributed by atoms with van der Waals surface area (Å²) in [6.45, 7) is 11.1. The molecule has 174 valence electrons. The molecule has 1 unspecified atom stereocenters. The van der Waals surface area contributed by atoms with E-state index >= 15 is 0 Å². The van der Waals surface area contributed by atoms with Crippen LogP contribution in [0.25, 0.3) is 11.4 Å². The lowest BCUT2D eigenvalue weighted by Gasteiger charge is -2.31. The van der Waals surface area contributed by atoms with E-state index in [4.69, 9.17) is 4.52 Å². The molecule has 1 aromatic carbocycles. The lowest BCUT2D eigenvalue weighted by Crippen LogP contribution is -2.41. The maximum atomic E-state index is 12.6. The molecule has 0 spiro atoms. The summed E-state index contributed by atoms with van der Waals surface area (Å²) in [6.07, 6.45) is 5.47. The van der Waals surface area contributed by atoms with Crippen LogP contribution in [0, 0.1) is 18.8 Å². The molecule has 7 heteroatoms. The number of carbonyl (C=O) groups excluding carboxylic acids is 1. The molecule has 1 N–H and O–H groups in total. The van der Waals surface area contributed by atoms with Crippen LogP contribution in [0.15, 0.2) is 28.8 Å². The van der Waals surface area contributed by atoms with Gasteiger partial charge in [0.15, 0.2) is 0 Å². The highest BCUT2D eigenvalue weighted by atomic mass is 16.5. The predicted octanol–water partition coefficient (Wildman–Crippen LogP) is 3.50. The number of nitrogens with one attached hydrogen (secondary N) is 1. The van der Waals surface area contributed by atoms with E-state index in [0.717, 1.165) is 56.9 Å². The summed E-state index contributed by atoms with van der Waals surface area (Å²) in [4.78, 5) is 22.0. The molecular weight excluding hydrogens is 402 g/mol. The summed E-state index contributed by atoms with van der Waals surface area (Å²) >= 11 is 0. The van der Waals surface area contributed by atoms with Gasteiger partial charge in [-0.3, -0.25) is 9.69 Å². The van der Waals surface area contributed by atoms with Gasteiger partial charge in [-0.1, -0.05) is 35.8 Å². The summed E-state index contributed by atoms with van der Waals surface area (Å²) in [5, 5.41) is 7.30. The summed E-state index contributed by atoms with van der Waals surface area (Å²) in [5.74, 6) is 2.42. The van der Waals surface area contributed by atoms with Gasteiger partial charge in [-0.05, 0) is 77.2 Å². The number of amides is 1. The SMILES string of the molecule is Cc1cccc(-c2noc(CN3CCC(C(=O)NCCCN4CCCC(C)C4)CC3)n2)c1. The molecule has 0 aliphatic carbocycles. The average Bonchev–Trinajstić information content (AvgIpc) is 3.26. The highest BCUT2D eigenvalue weighted by Gasteiger charge is 2.26. The number of hydrogen-bond donors (Lipinski definition) is 1. The number of nitrogens with zero attached hydrogens (tertiary/aromatic N) is 4. The zero-order chi connectivity index (χ0) is 22.3. The molecule has 32 heavy (non-hydrogen) atoms. The van der Waals surface area contributed by atoms with Crippen molar-refractivity contribution in [2.24, 2.45) is 11.8 Å². The van der Waals surface area contributed by atoms with Crippen molar-refractivity contribution >= 4 is 5.91 Å². The fourth-order valence-corrected chi connectivity index (χ4v) is 4.91. The standard InChI is InChI=1S/C25H37N5O2/c1-19-6-3-8-22(16-19)24-27-23(32-28-24)18-30-14-9-21(10-15-30)25(31)26-11-5-13-29-12-4-7-20(2)17-29/h3,6,8,16,20-21H,4-5,7,9-15,17-18H2,1-2H3,(H,26,31). The van der Waals surface area contributed by atoms with Crippen LogP contribution < -0.4 is 5.32 Å². The molecule has 2 saturated heterocycles. The van der Waals surface area contributed by atoms with Gasteiger partial charge < -0.3 is 14.7 Å². The monoisotopic (exact) mass is 439 g/mol. The van der Waals surface area contributed by atoms with E-state index < -0.39 is 0 Å². The molecule has 0 radical (unpaired) electrons. The summed E-state index contributed by atoms with van der Waals surface area (Å²) in [6, 6.07) is 8.12. The third kappa shape index (κ3) is 6.39. The van der Waals surface area contributed by atoms with Crippen molar-refractivity contribution in [3.63, 3.8) is 0 Å². The summed E-state index contributed by atoms with van der Waals surface area (Å²) < 4.78 is 5.47. The number of likely N-dealkylation sites (tertiary alicyclic amines) is 2. The Bertz CT molecular complexity index is 875. The molecule has 1 atom stereocenters. The first-order valence-electron chi connectivity index (χ1n) is 12.2. The lowest BCUT2D eigenvalue weighted by atomic mass is 9.96. The highest BCUT2D eigenvalue weighted by molar-refractivity contribution is 5.78. The topological polar surface area (TPSA) is 74.5 Å². The number of piperidine rings is 2.